The van der Waals surface area contributed by atoms with Gasteiger partial charge in [-0.05, 0) is 54.5 Å². The van der Waals surface area contributed by atoms with Gasteiger partial charge >= 0.3 is 5.97 Å². The number of hydrogen-bond donors (Lipinski definition) is 0. The molecule has 1 aromatic carbocycles. The third kappa shape index (κ3) is 6.52. The van der Waals surface area contributed by atoms with Crippen molar-refractivity contribution in [1.29, 1.82) is 0 Å². The van der Waals surface area contributed by atoms with Crippen LogP contribution in [0.25, 0.3) is 0 Å². The molecule has 6 nitrogen and oxygen atoms in total. The Morgan fingerprint density at radius 3 is 2.65 bits per heavy atom. The summed E-state index contributed by atoms with van der Waals surface area (Å²) in [5.74, 6) is -0.770. The molecule has 1 aromatic heterocycles. The van der Waals surface area contributed by atoms with E-state index in [1.807, 2.05) is 29.3 Å². The number of carbonyl (C=O) groups is 3. The zero-order valence-corrected chi connectivity index (χ0v) is 21.8. The molecule has 0 N–H and O–H groups in total. The van der Waals surface area contributed by atoms with Crippen molar-refractivity contribution in [1.82, 2.24) is 9.80 Å². The molecule has 0 saturated heterocycles. The van der Waals surface area contributed by atoms with Gasteiger partial charge < -0.3 is 14.5 Å². The highest BCUT2D eigenvalue weighted by Crippen LogP contribution is 2.41. The molecule has 9 heteroatoms. The van der Waals surface area contributed by atoms with E-state index >= 15 is 0 Å². The van der Waals surface area contributed by atoms with Gasteiger partial charge in [0, 0.05) is 34.4 Å². The lowest BCUT2D eigenvalue weighted by atomic mass is 9.93. The van der Waals surface area contributed by atoms with Crippen LogP contribution in [0.2, 0.25) is 10.0 Å². The van der Waals surface area contributed by atoms with E-state index < -0.39 is 5.97 Å². The average Bonchev–Trinajstić information content (AvgIpc) is 3.29. The number of carbonyl (C=O) groups excluding carboxylic acids is 3. The summed E-state index contributed by atoms with van der Waals surface area (Å²) in [5, 5.41) is 3.07. The molecular weight excluding hydrogens is 495 g/mol. The molecule has 3 rings (SSSR count). The van der Waals surface area contributed by atoms with Crippen molar-refractivity contribution in [2.24, 2.45) is 0 Å². The average molecular weight is 525 g/mol. The minimum atomic E-state index is -0.406. The lowest BCUT2D eigenvalue weighted by Gasteiger charge is -2.38. The molecule has 184 valence electrons. The Bertz CT molecular complexity index is 1030. The van der Waals surface area contributed by atoms with Gasteiger partial charge in [-0.15, -0.1) is 11.3 Å². The van der Waals surface area contributed by atoms with Crippen LogP contribution >= 0.6 is 34.5 Å². The SMILES string of the molecule is CCCCN(CC(=O)N1CCc2sccc2C1c1ccc(Cl)cc1Cl)C(=O)CCC(=O)OCC. The molecule has 0 bridgehead atoms. The third-order valence-electron chi connectivity index (χ3n) is 5.85. The first kappa shape index (κ1) is 26.5. The van der Waals surface area contributed by atoms with E-state index in [0.29, 0.717) is 23.1 Å². The number of esters is 1. The molecule has 2 aromatic rings. The zero-order chi connectivity index (χ0) is 24.7. The summed E-state index contributed by atoms with van der Waals surface area (Å²) in [6.07, 6.45) is 2.46. The van der Waals surface area contributed by atoms with Crippen LogP contribution in [0.15, 0.2) is 29.6 Å². The number of nitrogens with zero attached hydrogens (tertiary/aromatic N) is 2. The predicted molar refractivity (Wildman–Crippen MR) is 135 cm³/mol. The molecule has 1 aliphatic rings. The van der Waals surface area contributed by atoms with E-state index in [4.69, 9.17) is 27.9 Å². The van der Waals surface area contributed by atoms with Crippen LogP contribution in [-0.4, -0.2) is 53.8 Å². The molecule has 0 saturated carbocycles. The summed E-state index contributed by atoms with van der Waals surface area (Å²) >= 11 is 14.4. The molecular formula is C25H30Cl2N2O4S. The monoisotopic (exact) mass is 524 g/mol. The van der Waals surface area contributed by atoms with E-state index in [2.05, 4.69) is 0 Å². The van der Waals surface area contributed by atoms with Crippen LogP contribution in [0.1, 0.15) is 61.6 Å². The maximum Gasteiger partial charge on any atom is 0.306 e. The Kier molecular flexibility index (Phi) is 9.80. The molecule has 34 heavy (non-hydrogen) atoms. The smallest absolute Gasteiger partial charge is 0.306 e. The molecule has 1 unspecified atom stereocenters. The number of hydrogen-bond acceptors (Lipinski definition) is 5. The van der Waals surface area contributed by atoms with E-state index in [9.17, 15) is 14.4 Å². The number of ether oxygens (including phenoxy) is 1. The fourth-order valence-electron chi connectivity index (χ4n) is 4.14. The van der Waals surface area contributed by atoms with Gasteiger partial charge in [0.15, 0.2) is 0 Å². The fourth-order valence-corrected chi connectivity index (χ4v) is 5.55. The van der Waals surface area contributed by atoms with Crippen LogP contribution in [0.4, 0.5) is 0 Å². The van der Waals surface area contributed by atoms with Crippen molar-refractivity contribution < 1.29 is 19.1 Å². The van der Waals surface area contributed by atoms with Crippen molar-refractivity contribution in [2.45, 2.75) is 52.0 Å². The lowest BCUT2D eigenvalue weighted by molar-refractivity contribution is -0.146. The topological polar surface area (TPSA) is 66.9 Å². The Hall–Kier alpha value is -2.09. The van der Waals surface area contributed by atoms with Crippen molar-refractivity contribution in [3.8, 4) is 0 Å². The van der Waals surface area contributed by atoms with Gasteiger partial charge in [0.1, 0.15) is 0 Å². The minimum absolute atomic E-state index is 0.00841. The number of benzene rings is 1. The zero-order valence-electron chi connectivity index (χ0n) is 19.5. The Morgan fingerprint density at radius 1 is 1.15 bits per heavy atom. The van der Waals surface area contributed by atoms with Gasteiger partial charge in [-0.2, -0.15) is 0 Å². The van der Waals surface area contributed by atoms with Crippen molar-refractivity contribution >= 4 is 52.3 Å². The summed E-state index contributed by atoms with van der Waals surface area (Å²) < 4.78 is 4.93. The number of amides is 2. The highest BCUT2D eigenvalue weighted by Gasteiger charge is 2.35. The van der Waals surface area contributed by atoms with Gasteiger partial charge in [0.25, 0.3) is 0 Å². The first-order chi connectivity index (χ1) is 16.3. The second kappa shape index (κ2) is 12.6. The van der Waals surface area contributed by atoms with Crippen LogP contribution in [0, 0.1) is 0 Å². The standard InChI is InChI=1S/C25H30Cl2N2O4S/c1-3-5-12-28(22(30)8-9-24(32)33-4-2)16-23(31)29-13-10-21-19(11-14-34-21)25(29)18-7-6-17(26)15-20(18)27/h6-7,11,14-15,25H,3-5,8-10,12-13,16H2,1-2H3. The number of thiophene rings is 1. The van der Waals surface area contributed by atoms with Gasteiger partial charge in [0.2, 0.25) is 11.8 Å². The number of unbranched alkanes of at least 4 members (excludes halogenated alkanes) is 1. The minimum Gasteiger partial charge on any atom is -0.466 e. The molecule has 1 atom stereocenters. The van der Waals surface area contributed by atoms with E-state index in [1.165, 1.54) is 4.88 Å². The first-order valence-corrected chi connectivity index (χ1v) is 13.2. The van der Waals surface area contributed by atoms with E-state index in [0.717, 1.165) is 30.4 Å². The van der Waals surface area contributed by atoms with E-state index in [-0.39, 0.29) is 43.8 Å². The maximum atomic E-state index is 13.6. The number of halogens is 2. The van der Waals surface area contributed by atoms with Gasteiger partial charge in [-0.1, -0.05) is 42.6 Å². The highest BCUT2D eigenvalue weighted by atomic mass is 35.5. The number of rotatable bonds is 10. The van der Waals surface area contributed by atoms with Crippen molar-refractivity contribution in [3.05, 3.63) is 55.7 Å². The molecule has 0 radical (unpaired) electrons. The normalized spacial score (nSPS) is 15.1. The van der Waals surface area contributed by atoms with Crippen molar-refractivity contribution in [2.75, 3.05) is 26.2 Å². The third-order valence-corrected chi connectivity index (χ3v) is 7.41. The predicted octanol–water partition coefficient (Wildman–Crippen LogP) is 5.50. The van der Waals surface area contributed by atoms with E-state index in [1.54, 1.807) is 35.3 Å². The summed E-state index contributed by atoms with van der Waals surface area (Å²) in [6.45, 7) is 5.00. The van der Waals surface area contributed by atoms with Crippen molar-refractivity contribution in [3.63, 3.8) is 0 Å². The van der Waals surface area contributed by atoms with Crippen LogP contribution in [0.5, 0.6) is 0 Å². The second-order valence-corrected chi connectivity index (χ2v) is 10.0. The fraction of sp³-hybridized carbons (Fsp3) is 0.480. The highest BCUT2D eigenvalue weighted by molar-refractivity contribution is 7.10. The summed E-state index contributed by atoms with van der Waals surface area (Å²) in [7, 11) is 0. The van der Waals surface area contributed by atoms with Crippen LogP contribution in [0.3, 0.4) is 0 Å². The van der Waals surface area contributed by atoms with Gasteiger partial charge in [-0.25, -0.2) is 0 Å². The summed E-state index contributed by atoms with van der Waals surface area (Å²) in [5.41, 5.74) is 1.87. The summed E-state index contributed by atoms with van der Waals surface area (Å²) in [4.78, 5) is 42.8. The second-order valence-electron chi connectivity index (χ2n) is 8.18. The molecule has 2 heterocycles. The molecule has 0 fully saturated rings. The van der Waals surface area contributed by atoms with Gasteiger partial charge in [-0.3, -0.25) is 14.4 Å². The van der Waals surface area contributed by atoms with Crippen LogP contribution < -0.4 is 0 Å². The maximum absolute atomic E-state index is 13.6. The molecule has 0 spiro atoms. The Balaban J connectivity index is 1.81. The Morgan fingerprint density at radius 2 is 1.94 bits per heavy atom. The molecule has 2 amide bonds. The quantitative estimate of drug-likeness (QED) is 0.384. The number of fused-ring (bicyclic) bond motifs is 1. The molecule has 1 aliphatic heterocycles. The van der Waals surface area contributed by atoms with Gasteiger partial charge in [0.05, 0.1) is 25.6 Å². The lowest BCUT2D eigenvalue weighted by Crippen LogP contribution is -2.47. The summed E-state index contributed by atoms with van der Waals surface area (Å²) in [6, 6.07) is 7.03. The van der Waals surface area contributed by atoms with Crippen LogP contribution in [-0.2, 0) is 25.5 Å². The largest absolute Gasteiger partial charge is 0.466 e. The first-order valence-electron chi connectivity index (χ1n) is 11.6. The Labute approximate surface area is 214 Å². The molecule has 0 aliphatic carbocycles.